The average Bonchev–Trinajstić information content (AvgIpc) is 3.26. The average molecular weight is 421 g/mol. The van der Waals surface area contributed by atoms with E-state index in [1.54, 1.807) is 0 Å². The largest absolute Gasteiger partial charge is 0.378 e. The Hall–Kier alpha value is -1.71. The predicted octanol–water partition coefficient (Wildman–Crippen LogP) is 2.01. The predicted molar refractivity (Wildman–Crippen MR) is 119 cm³/mol. The molecule has 160 valence electrons. The SMILES string of the molecule is CC1CCCN(c2cc(N3CCOCC3)nc(NC(=S)NCC3CCCO3)n2)C1. The molecule has 0 aromatic carbocycles. The van der Waals surface area contributed by atoms with Gasteiger partial charge in [-0.2, -0.15) is 9.97 Å². The van der Waals surface area contributed by atoms with Crippen molar-refractivity contribution in [1.29, 1.82) is 0 Å². The molecule has 0 saturated carbocycles. The van der Waals surface area contributed by atoms with Crippen LogP contribution in [-0.2, 0) is 9.47 Å². The minimum atomic E-state index is 0.237. The molecule has 3 aliphatic heterocycles. The second-order valence-corrected chi connectivity index (χ2v) is 8.58. The number of ether oxygens (including phenoxy) is 2. The van der Waals surface area contributed by atoms with Crippen molar-refractivity contribution in [1.82, 2.24) is 15.3 Å². The normalized spacial score (nSPS) is 25.1. The van der Waals surface area contributed by atoms with Gasteiger partial charge in [0.2, 0.25) is 5.95 Å². The number of hydrogen-bond donors (Lipinski definition) is 2. The molecule has 2 unspecified atom stereocenters. The van der Waals surface area contributed by atoms with Crippen LogP contribution in [-0.4, -0.2) is 73.7 Å². The van der Waals surface area contributed by atoms with Crippen LogP contribution in [0.15, 0.2) is 6.07 Å². The second-order valence-electron chi connectivity index (χ2n) is 8.17. The fourth-order valence-electron chi connectivity index (χ4n) is 4.15. The number of nitrogens with zero attached hydrogens (tertiary/aromatic N) is 4. The van der Waals surface area contributed by atoms with Crippen LogP contribution in [0.3, 0.4) is 0 Å². The van der Waals surface area contributed by atoms with Crippen molar-refractivity contribution in [3.05, 3.63) is 6.07 Å². The molecule has 4 rings (SSSR count). The Morgan fingerprint density at radius 2 is 1.90 bits per heavy atom. The van der Waals surface area contributed by atoms with E-state index >= 15 is 0 Å². The summed E-state index contributed by atoms with van der Waals surface area (Å²) in [4.78, 5) is 14.2. The fourth-order valence-corrected chi connectivity index (χ4v) is 4.32. The quantitative estimate of drug-likeness (QED) is 0.696. The number of hydrogen-bond acceptors (Lipinski definition) is 7. The summed E-state index contributed by atoms with van der Waals surface area (Å²) in [6.07, 6.45) is 4.91. The lowest BCUT2D eigenvalue weighted by atomic mass is 10.0. The van der Waals surface area contributed by atoms with E-state index in [9.17, 15) is 0 Å². The molecule has 0 bridgehead atoms. The fraction of sp³-hybridized carbons (Fsp3) is 0.750. The summed E-state index contributed by atoms with van der Waals surface area (Å²) in [5.41, 5.74) is 0. The number of anilines is 3. The maximum atomic E-state index is 5.65. The minimum absolute atomic E-state index is 0.237. The Kier molecular flexibility index (Phi) is 6.99. The Morgan fingerprint density at radius 1 is 1.10 bits per heavy atom. The molecule has 1 aromatic heterocycles. The van der Waals surface area contributed by atoms with Gasteiger partial charge in [-0.1, -0.05) is 6.92 Å². The molecule has 3 fully saturated rings. The zero-order valence-corrected chi connectivity index (χ0v) is 18.0. The summed E-state index contributed by atoms with van der Waals surface area (Å²) in [7, 11) is 0. The molecule has 0 amide bonds. The van der Waals surface area contributed by atoms with E-state index in [1.807, 2.05) is 0 Å². The van der Waals surface area contributed by atoms with E-state index in [1.165, 1.54) is 12.8 Å². The number of thiocarbonyl (C=S) groups is 1. The lowest BCUT2D eigenvalue weighted by molar-refractivity contribution is 0.114. The molecule has 0 spiro atoms. The van der Waals surface area contributed by atoms with E-state index in [0.29, 0.717) is 23.5 Å². The molecule has 3 saturated heterocycles. The highest BCUT2D eigenvalue weighted by atomic mass is 32.1. The summed E-state index contributed by atoms with van der Waals surface area (Å²) in [6.45, 7) is 9.06. The highest BCUT2D eigenvalue weighted by molar-refractivity contribution is 7.80. The van der Waals surface area contributed by atoms with E-state index in [4.69, 9.17) is 31.7 Å². The highest BCUT2D eigenvalue weighted by Gasteiger charge is 2.22. The lowest BCUT2D eigenvalue weighted by Gasteiger charge is -2.33. The molecule has 3 aliphatic rings. The number of nitrogens with one attached hydrogen (secondary N) is 2. The van der Waals surface area contributed by atoms with Crippen molar-refractivity contribution < 1.29 is 9.47 Å². The zero-order valence-electron chi connectivity index (χ0n) is 17.2. The van der Waals surface area contributed by atoms with Gasteiger partial charge in [0.15, 0.2) is 5.11 Å². The first-order chi connectivity index (χ1) is 14.2. The van der Waals surface area contributed by atoms with Crippen LogP contribution in [0.2, 0.25) is 0 Å². The molecule has 8 nitrogen and oxygen atoms in total. The van der Waals surface area contributed by atoms with Crippen molar-refractivity contribution in [3.63, 3.8) is 0 Å². The van der Waals surface area contributed by atoms with Crippen molar-refractivity contribution in [2.45, 2.75) is 38.7 Å². The third kappa shape index (κ3) is 5.67. The number of rotatable bonds is 5. The topological polar surface area (TPSA) is 74.8 Å². The summed E-state index contributed by atoms with van der Waals surface area (Å²) in [5, 5.41) is 6.98. The summed E-state index contributed by atoms with van der Waals surface area (Å²) < 4.78 is 11.2. The molecule has 4 heterocycles. The van der Waals surface area contributed by atoms with Gasteiger partial charge in [-0.05, 0) is 43.8 Å². The van der Waals surface area contributed by atoms with Gasteiger partial charge in [0.05, 0.1) is 19.3 Å². The molecule has 9 heteroatoms. The number of morpholine rings is 1. The molecular formula is C20H32N6O2S. The standard InChI is InChI=1S/C20H32N6O2S/c1-15-4-2-6-26(14-15)18-12-17(25-7-10-27-11-8-25)22-19(23-18)24-20(29)21-13-16-5-3-9-28-16/h12,15-16H,2-11,13-14H2,1H3,(H2,21,22,23,24,29). The Morgan fingerprint density at radius 3 is 2.62 bits per heavy atom. The minimum Gasteiger partial charge on any atom is -0.378 e. The molecule has 2 atom stereocenters. The Bertz CT molecular complexity index is 694. The van der Waals surface area contributed by atoms with Crippen LogP contribution in [0.25, 0.3) is 0 Å². The van der Waals surface area contributed by atoms with Crippen molar-refractivity contribution in [2.24, 2.45) is 5.92 Å². The summed E-state index contributed by atoms with van der Waals surface area (Å²) in [6, 6.07) is 2.11. The summed E-state index contributed by atoms with van der Waals surface area (Å²) >= 11 is 5.48. The molecule has 1 aromatic rings. The van der Waals surface area contributed by atoms with Crippen LogP contribution in [0.1, 0.15) is 32.6 Å². The van der Waals surface area contributed by atoms with Gasteiger partial charge in [0.1, 0.15) is 11.6 Å². The second kappa shape index (κ2) is 9.86. The third-order valence-corrected chi connectivity index (χ3v) is 6.00. The highest BCUT2D eigenvalue weighted by Crippen LogP contribution is 2.26. The lowest BCUT2D eigenvalue weighted by Crippen LogP contribution is -2.39. The number of piperidine rings is 1. The van der Waals surface area contributed by atoms with Crippen molar-refractivity contribution >= 4 is 34.9 Å². The van der Waals surface area contributed by atoms with Gasteiger partial charge >= 0.3 is 0 Å². The van der Waals surface area contributed by atoms with Crippen LogP contribution in [0.5, 0.6) is 0 Å². The van der Waals surface area contributed by atoms with Crippen LogP contribution in [0.4, 0.5) is 17.6 Å². The molecule has 29 heavy (non-hydrogen) atoms. The van der Waals surface area contributed by atoms with Gasteiger partial charge in [0.25, 0.3) is 0 Å². The first kappa shape index (κ1) is 20.6. The van der Waals surface area contributed by atoms with E-state index in [2.05, 4.69) is 33.4 Å². The Labute approximate surface area is 178 Å². The van der Waals surface area contributed by atoms with Crippen molar-refractivity contribution in [3.8, 4) is 0 Å². The molecular weight excluding hydrogens is 388 g/mol. The maximum absolute atomic E-state index is 5.65. The van der Waals surface area contributed by atoms with Crippen LogP contribution < -0.4 is 20.4 Å². The first-order valence-electron chi connectivity index (χ1n) is 10.8. The summed E-state index contributed by atoms with van der Waals surface area (Å²) in [5.74, 6) is 3.13. The Balaban J connectivity index is 1.48. The zero-order chi connectivity index (χ0) is 20.1. The molecule has 0 radical (unpaired) electrons. The van der Waals surface area contributed by atoms with Gasteiger partial charge in [-0.3, -0.25) is 0 Å². The monoisotopic (exact) mass is 420 g/mol. The molecule has 2 N–H and O–H groups in total. The van der Waals surface area contributed by atoms with Gasteiger partial charge < -0.3 is 29.9 Å². The molecule has 0 aliphatic carbocycles. The smallest absolute Gasteiger partial charge is 0.232 e. The van der Waals surface area contributed by atoms with E-state index in [0.717, 1.165) is 70.5 Å². The van der Waals surface area contributed by atoms with Crippen molar-refractivity contribution in [2.75, 3.05) is 67.7 Å². The first-order valence-corrected chi connectivity index (χ1v) is 11.2. The maximum Gasteiger partial charge on any atom is 0.232 e. The van der Waals surface area contributed by atoms with Gasteiger partial charge in [-0.25, -0.2) is 0 Å². The number of aromatic nitrogens is 2. The van der Waals surface area contributed by atoms with Gasteiger partial charge in [0, 0.05) is 45.4 Å². The van der Waals surface area contributed by atoms with Crippen LogP contribution in [0, 0.1) is 5.92 Å². The van der Waals surface area contributed by atoms with Gasteiger partial charge in [-0.15, -0.1) is 0 Å². The van der Waals surface area contributed by atoms with E-state index < -0.39 is 0 Å². The third-order valence-electron chi connectivity index (χ3n) is 5.75. The van der Waals surface area contributed by atoms with Crippen LogP contribution >= 0.6 is 12.2 Å². The van der Waals surface area contributed by atoms with E-state index in [-0.39, 0.29) is 6.10 Å².